The van der Waals surface area contributed by atoms with E-state index in [4.69, 9.17) is 5.73 Å². The van der Waals surface area contributed by atoms with E-state index in [2.05, 4.69) is 15.4 Å². The van der Waals surface area contributed by atoms with E-state index < -0.39 is 5.91 Å². The molecule has 4 rings (SSSR count). The van der Waals surface area contributed by atoms with E-state index in [1.165, 1.54) is 5.56 Å². The van der Waals surface area contributed by atoms with Gasteiger partial charge in [0.25, 0.3) is 0 Å². The number of rotatable bonds is 3. The lowest BCUT2D eigenvalue weighted by molar-refractivity contribution is -0.115. The van der Waals surface area contributed by atoms with Crippen molar-refractivity contribution in [2.75, 3.05) is 5.32 Å². The van der Waals surface area contributed by atoms with Crippen molar-refractivity contribution in [3.8, 4) is 11.4 Å². The van der Waals surface area contributed by atoms with Crippen LogP contribution in [0.4, 0.5) is 5.95 Å². The van der Waals surface area contributed by atoms with Crippen LogP contribution in [-0.2, 0) is 4.79 Å². The van der Waals surface area contributed by atoms with Crippen LogP contribution in [0.25, 0.3) is 11.4 Å². The zero-order chi connectivity index (χ0) is 17.6. The molecule has 1 aromatic carbocycles. The van der Waals surface area contributed by atoms with E-state index in [-0.39, 0.29) is 6.04 Å². The second kappa shape index (κ2) is 5.86. The minimum absolute atomic E-state index is 0.361. The van der Waals surface area contributed by atoms with Crippen LogP contribution in [0.5, 0.6) is 0 Å². The predicted molar refractivity (Wildman–Crippen MR) is 98.2 cm³/mol. The lowest BCUT2D eigenvalue weighted by Gasteiger charge is -2.26. The van der Waals surface area contributed by atoms with Gasteiger partial charge in [-0.2, -0.15) is 4.98 Å². The number of fused-ring (bicyclic) bond motifs is 1. The highest BCUT2D eigenvalue weighted by molar-refractivity contribution is 7.10. The number of allylic oxidation sites excluding steroid dienone is 1. The van der Waals surface area contributed by atoms with Crippen LogP contribution < -0.4 is 11.1 Å². The van der Waals surface area contributed by atoms with Gasteiger partial charge in [-0.3, -0.25) is 4.79 Å². The summed E-state index contributed by atoms with van der Waals surface area (Å²) >= 11 is 1.56. The molecule has 0 saturated carbocycles. The molecule has 1 aliphatic heterocycles. The van der Waals surface area contributed by atoms with Crippen LogP contribution in [0.1, 0.15) is 23.4 Å². The van der Waals surface area contributed by atoms with E-state index in [0.29, 0.717) is 23.0 Å². The van der Waals surface area contributed by atoms with Crippen LogP contribution in [0.15, 0.2) is 53.0 Å². The molecule has 3 N–H and O–H groups in total. The third kappa shape index (κ3) is 2.62. The molecule has 1 atom stereocenters. The molecule has 0 spiro atoms. The summed E-state index contributed by atoms with van der Waals surface area (Å²) in [4.78, 5) is 17.7. The molecule has 7 heteroatoms. The molecule has 2 aromatic heterocycles. The zero-order valence-electron chi connectivity index (χ0n) is 13.9. The van der Waals surface area contributed by atoms with Crippen LogP contribution in [-0.4, -0.2) is 20.7 Å². The molecule has 126 valence electrons. The highest BCUT2D eigenvalue weighted by Crippen LogP contribution is 2.37. The first-order chi connectivity index (χ1) is 12.0. The minimum atomic E-state index is -0.457. The van der Waals surface area contributed by atoms with E-state index in [1.807, 2.05) is 55.6 Å². The Kier molecular flexibility index (Phi) is 3.65. The number of hydrogen-bond acceptors (Lipinski definition) is 5. The topological polar surface area (TPSA) is 85.8 Å². The fourth-order valence-corrected chi connectivity index (χ4v) is 3.82. The van der Waals surface area contributed by atoms with Gasteiger partial charge >= 0.3 is 0 Å². The quantitative estimate of drug-likeness (QED) is 0.759. The first-order valence-electron chi connectivity index (χ1n) is 7.89. The van der Waals surface area contributed by atoms with E-state index in [1.54, 1.807) is 16.0 Å². The monoisotopic (exact) mass is 351 g/mol. The van der Waals surface area contributed by atoms with Crippen molar-refractivity contribution in [2.45, 2.75) is 19.9 Å². The number of primary amides is 1. The van der Waals surface area contributed by atoms with Crippen molar-refractivity contribution in [2.24, 2.45) is 5.73 Å². The van der Waals surface area contributed by atoms with Gasteiger partial charge < -0.3 is 11.1 Å². The maximum atomic E-state index is 12.1. The molecule has 0 aliphatic carbocycles. The number of nitrogens with zero attached hydrogens (tertiary/aromatic N) is 3. The summed E-state index contributed by atoms with van der Waals surface area (Å²) in [6, 6.07) is 11.6. The third-order valence-electron chi connectivity index (χ3n) is 4.24. The third-order valence-corrected chi connectivity index (χ3v) is 5.17. The number of amides is 1. The highest BCUT2D eigenvalue weighted by Gasteiger charge is 2.33. The fourth-order valence-electron chi connectivity index (χ4n) is 3.01. The number of nitrogens with two attached hydrogens (primary N) is 1. The number of carbonyl (C=O) groups is 1. The van der Waals surface area contributed by atoms with Gasteiger partial charge in [-0.05, 0) is 25.3 Å². The number of thiophene rings is 1. The minimum Gasteiger partial charge on any atom is -0.366 e. The molecule has 0 fully saturated rings. The van der Waals surface area contributed by atoms with E-state index in [0.717, 1.165) is 10.4 Å². The maximum absolute atomic E-state index is 12.1. The summed E-state index contributed by atoms with van der Waals surface area (Å²) in [6.45, 7) is 3.88. The number of hydrogen-bond donors (Lipinski definition) is 2. The fraction of sp³-hybridized carbons (Fsp3) is 0.167. The average molecular weight is 351 g/mol. The van der Waals surface area contributed by atoms with E-state index >= 15 is 0 Å². The standard InChI is InChI=1S/C18H17N5OS/c1-10-5-7-12(8-6-10)17-21-18-20-11(2)14(16(19)24)15(23(18)22-17)13-4-3-9-25-13/h3-9,15H,1-2H3,(H2,19,24)(H,20,21,22). The molecule has 0 saturated heterocycles. The Balaban J connectivity index is 1.86. The van der Waals surface area contributed by atoms with Crippen molar-refractivity contribution in [3.63, 3.8) is 0 Å². The van der Waals surface area contributed by atoms with Gasteiger partial charge in [0.15, 0.2) is 5.82 Å². The van der Waals surface area contributed by atoms with Crippen molar-refractivity contribution >= 4 is 23.2 Å². The Morgan fingerprint density at radius 2 is 2.00 bits per heavy atom. The molecule has 6 nitrogen and oxygen atoms in total. The smallest absolute Gasteiger partial charge is 0.248 e. The summed E-state index contributed by atoms with van der Waals surface area (Å²) in [6.07, 6.45) is 0. The SMILES string of the molecule is CC1=C(C(N)=O)C(c2cccs2)n2nc(-c3ccc(C)cc3)nc2N1. The molecule has 1 amide bonds. The number of anilines is 1. The van der Waals surface area contributed by atoms with Crippen LogP contribution in [0, 0.1) is 6.92 Å². The van der Waals surface area contributed by atoms with Gasteiger partial charge in [0.2, 0.25) is 11.9 Å². The summed E-state index contributed by atoms with van der Waals surface area (Å²) in [5, 5.41) is 9.80. The molecule has 25 heavy (non-hydrogen) atoms. The van der Waals surface area contributed by atoms with Crippen LogP contribution >= 0.6 is 11.3 Å². The number of benzene rings is 1. The van der Waals surface area contributed by atoms with Gasteiger partial charge in [-0.1, -0.05) is 35.9 Å². The molecular weight excluding hydrogens is 334 g/mol. The van der Waals surface area contributed by atoms with Gasteiger partial charge in [-0.15, -0.1) is 16.4 Å². The predicted octanol–water partition coefficient (Wildman–Crippen LogP) is 3.09. The van der Waals surface area contributed by atoms with E-state index in [9.17, 15) is 4.79 Å². The zero-order valence-corrected chi connectivity index (χ0v) is 14.7. The first kappa shape index (κ1) is 15.6. The Morgan fingerprint density at radius 3 is 2.64 bits per heavy atom. The van der Waals surface area contributed by atoms with Crippen molar-refractivity contribution < 1.29 is 4.79 Å². The molecular formula is C18H17N5OS. The number of aromatic nitrogens is 3. The van der Waals surface area contributed by atoms with Gasteiger partial charge in [0.05, 0.1) is 5.57 Å². The Morgan fingerprint density at radius 1 is 1.24 bits per heavy atom. The van der Waals surface area contributed by atoms with Gasteiger partial charge in [-0.25, -0.2) is 4.68 Å². The first-order valence-corrected chi connectivity index (χ1v) is 8.77. The molecule has 3 heterocycles. The number of nitrogens with one attached hydrogen (secondary N) is 1. The van der Waals surface area contributed by atoms with Crippen LogP contribution in [0.2, 0.25) is 0 Å². The second-order valence-corrected chi connectivity index (χ2v) is 6.99. The maximum Gasteiger partial charge on any atom is 0.248 e. The summed E-state index contributed by atoms with van der Waals surface area (Å²) < 4.78 is 1.74. The van der Waals surface area contributed by atoms with Crippen LogP contribution in [0.3, 0.4) is 0 Å². The Bertz CT molecular complexity index is 970. The highest BCUT2D eigenvalue weighted by atomic mass is 32.1. The normalized spacial score (nSPS) is 16.5. The van der Waals surface area contributed by atoms with Gasteiger partial charge in [0.1, 0.15) is 6.04 Å². The molecule has 0 bridgehead atoms. The lowest BCUT2D eigenvalue weighted by Crippen LogP contribution is -2.31. The largest absolute Gasteiger partial charge is 0.366 e. The molecule has 3 aromatic rings. The average Bonchev–Trinajstić information content (AvgIpc) is 3.23. The lowest BCUT2D eigenvalue weighted by atomic mass is 10.0. The molecule has 1 unspecified atom stereocenters. The second-order valence-electron chi connectivity index (χ2n) is 6.02. The van der Waals surface area contributed by atoms with Gasteiger partial charge in [0, 0.05) is 16.1 Å². The number of carbonyl (C=O) groups excluding carboxylic acids is 1. The summed E-state index contributed by atoms with van der Waals surface area (Å²) in [5.74, 6) is 0.764. The molecule has 0 radical (unpaired) electrons. The van der Waals surface area contributed by atoms with Crippen molar-refractivity contribution in [1.82, 2.24) is 14.8 Å². The Labute approximate surface area is 149 Å². The summed E-state index contributed by atoms with van der Waals surface area (Å²) in [7, 11) is 0. The van der Waals surface area contributed by atoms with Crippen molar-refractivity contribution in [3.05, 3.63) is 63.5 Å². The van der Waals surface area contributed by atoms with Crippen molar-refractivity contribution in [1.29, 1.82) is 0 Å². The number of aryl methyl sites for hydroxylation is 1. The Hall–Kier alpha value is -2.93. The molecule has 1 aliphatic rings. The summed E-state index contributed by atoms with van der Waals surface area (Å²) in [5.41, 5.74) is 8.98.